The van der Waals surface area contributed by atoms with Gasteiger partial charge in [-0.1, -0.05) is 18.2 Å². The van der Waals surface area contributed by atoms with Crippen LogP contribution in [0.25, 0.3) is 11.0 Å². The van der Waals surface area contributed by atoms with Gasteiger partial charge in [0.15, 0.2) is 0 Å². The highest BCUT2D eigenvalue weighted by Crippen LogP contribution is 2.23. The summed E-state index contributed by atoms with van der Waals surface area (Å²) in [5, 5.41) is 9.00. The molecular formula is C16H17NOS. The molecule has 3 aromatic rings. The van der Waals surface area contributed by atoms with E-state index in [0.29, 0.717) is 0 Å². The standard InChI is InChI=1S/C16H17NOS/c1-12(17-8-6-13-7-9-19-11-13)16-10-14-4-2-3-5-15(14)18-16/h2-5,7,9-12,17H,6,8H2,1H3. The summed E-state index contributed by atoms with van der Waals surface area (Å²) in [7, 11) is 0. The summed E-state index contributed by atoms with van der Waals surface area (Å²) in [6.45, 7) is 3.11. The number of para-hydroxylation sites is 1. The quantitative estimate of drug-likeness (QED) is 0.744. The second-order valence-electron chi connectivity index (χ2n) is 4.74. The van der Waals surface area contributed by atoms with Gasteiger partial charge in [-0.25, -0.2) is 0 Å². The topological polar surface area (TPSA) is 25.2 Å². The Kier molecular flexibility index (Phi) is 3.67. The Labute approximate surface area is 117 Å². The molecule has 3 heteroatoms. The zero-order valence-corrected chi connectivity index (χ0v) is 11.7. The summed E-state index contributed by atoms with van der Waals surface area (Å²) in [5.41, 5.74) is 2.36. The van der Waals surface area contributed by atoms with Crippen molar-refractivity contribution in [3.8, 4) is 0 Å². The largest absolute Gasteiger partial charge is 0.459 e. The summed E-state index contributed by atoms with van der Waals surface area (Å²) < 4.78 is 5.86. The molecule has 2 aromatic heterocycles. The van der Waals surface area contributed by atoms with Crippen LogP contribution in [0.15, 0.2) is 51.6 Å². The minimum atomic E-state index is 0.242. The maximum Gasteiger partial charge on any atom is 0.134 e. The highest BCUT2D eigenvalue weighted by atomic mass is 32.1. The number of fused-ring (bicyclic) bond motifs is 1. The van der Waals surface area contributed by atoms with Crippen LogP contribution < -0.4 is 5.32 Å². The molecule has 0 amide bonds. The van der Waals surface area contributed by atoms with Crippen LogP contribution in [0, 0.1) is 0 Å². The van der Waals surface area contributed by atoms with E-state index in [9.17, 15) is 0 Å². The molecule has 0 bridgehead atoms. The van der Waals surface area contributed by atoms with Crippen molar-refractivity contribution in [2.75, 3.05) is 6.54 Å². The van der Waals surface area contributed by atoms with Gasteiger partial charge < -0.3 is 9.73 Å². The molecule has 0 radical (unpaired) electrons. The van der Waals surface area contributed by atoms with Gasteiger partial charge in [-0.15, -0.1) is 0 Å². The van der Waals surface area contributed by atoms with E-state index in [0.717, 1.165) is 24.3 Å². The molecule has 0 aliphatic rings. The molecule has 0 saturated heterocycles. The summed E-state index contributed by atoms with van der Waals surface area (Å²) >= 11 is 1.75. The van der Waals surface area contributed by atoms with Crippen LogP contribution >= 0.6 is 11.3 Å². The maximum atomic E-state index is 5.86. The fourth-order valence-corrected chi connectivity index (χ4v) is 2.89. The first-order chi connectivity index (χ1) is 9.33. The Morgan fingerprint density at radius 3 is 2.95 bits per heavy atom. The summed E-state index contributed by atoms with van der Waals surface area (Å²) in [6, 6.07) is 12.7. The Balaban J connectivity index is 1.61. The number of benzene rings is 1. The maximum absolute atomic E-state index is 5.86. The smallest absolute Gasteiger partial charge is 0.134 e. The lowest BCUT2D eigenvalue weighted by Gasteiger charge is -2.10. The van der Waals surface area contributed by atoms with E-state index < -0.39 is 0 Å². The van der Waals surface area contributed by atoms with Gasteiger partial charge in [0, 0.05) is 5.39 Å². The third-order valence-electron chi connectivity index (χ3n) is 3.32. The van der Waals surface area contributed by atoms with Gasteiger partial charge in [-0.3, -0.25) is 0 Å². The van der Waals surface area contributed by atoms with E-state index in [4.69, 9.17) is 4.42 Å². The highest BCUT2D eigenvalue weighted by Gasteiger charge is 2.10. The average Bonchev–Trinajstić information content (AvgIpc) is 3.07. The molecule has 0 spiro atoms. The van der Waals surface area contributed by atoms with Gasteiger partial charge in [-0.2, -0.15) is 11.3 Å². The van der Waals surface area contributed by atoms with Crippen LogP contribution in [0.1, 0.15) is 24.3 Å². The molecule has 1 N–H and O–H groups in total. The number of rotatable bonds is 5. The fourth-order valence-electron chi connectivity index (χ4n) is 2.18. The van der Waals surface area contributed by atoms with Crippen molar-refractivity contribution in [2.45, 2.75) is 19.4 Å². The van der Waals surface area contributed by atoms with E-state index >= 15 is 0 Å². The van der Waals surface area contributed by atoms with Crippen LogP contribution in [0.3, 0.4) is 0 Å². The summed E-state index contributed by atoms with van der Waals surface area (Å²) in [6.07, 6.45) is 1.06. The predicted molar refractivity (Wildman–Crippen MR) is 80.7 cm³/mol. The Morgan fingerprint density at radius 2 is 2.16 bits per heavy atom. The molecule has 0 fully saturated rings. The van der Waals surface area contributed by atoms with Gasteiger partial charge in [-0.05, 0) is 54.4 Å². The lowest BCUT2D eigenvalue weighted by molar-refractivity contribution is 0.453. The number of hydrogen-bond acceptors (Lipinski definition) is 3. The molecule has 0 aliphatic heterocycles. The minimum absolute atomic E-state index is 0.242. The zero-order valence-electron chi connectivity index (χ0n) is 10.9. The van der Waals surface area contributed by atoms with Crippen molar-refractivity contribution in [3.05, 3.63) is 58.5 Å². The van der Waals surface area contributed by atoms with E-state index in [1.165, 1.54) is 10.9 Å². The molecule has 2 heterocycles. The Morgan fingerprint density at radius 1 is 1.26 bits per heavy atom. The van der Waals surface area contributed by atoms with Crippen molar-refractivity contribution in [3.63, 3.8) is 0 Å². The molecule has 19 heavy (non-hydrogen) atoms. The molecule has 1 atom stereocenters. The van der Waals surface area contributed by atoms with Crippen molar-refractivity contribution in [1.82, 2.24) is 5.32 Å². The van der Waals surface area contributed by atoms with E-state index in [1.807, 2.05) is 18.2 Å². The Hall–Kier alpha value is -1.58. The first-order valence-corrected chi connectivity index (χ1v) is 7.50. The second kappa shape index (κ2) is 5.59. The Bertz CT molecular complexity index is 609. The van der Waals surface area contributed by atoms with Gasteiger partial charge in [0.25, 0.3) is 0 Å². The van der Waals surface area contributed by atoms with Crippen LogP contribution in [0.2, 0.25) is 0 Å². The lowest BCUT2D eigenvalue weighted by Crippen LogP contribution is -2.20. The van der Waals surface area contributed by atoms with Crippen molar-refractivity contribution in [2.24, 2.45) is 0 Å². The van der Waals surface area contributed by atoms with Crippen molar-refractivity contribution >= 4 is 22.3 Å². The fraction of sp³-hybridized carbons (Fsp3) is 0.250. The minimum Gasteiger partial charge on any atom is -0.459 e. The molecule has 0 saturated carbocycles. The second-order valence-corrected chi connectivity index (χ2v) is 5.52. The van der Waals surface area contributed by atoms with Crippen LogP contribution in [-0.2, 0) is 6.42 Å². The monoisotopic (exact) mass is 271 g/mol. The molecule has 0 aliphatic carbocycles. The van der Waals surface area contributed by atoms with Crippen molar-refractivity contribution < 1.29 is 4.42 Å². The van der Waals surface area contributed by atoms with Crippen LogP contribution in [0.5, 0.6) is 0 Å². The van der Waals surface area contributed by atoms with Gasteiger partial charge in [0.05, 0.1) is 6.04 Å². The first-order valence-electron chi connectivity index (χ1n) is 6.56. The molecule has 3 rings (SSSR count). The third-order valence-corrected chi connectivity index (χ3v) is 4.05. The van der Waals surface area contributed by atoms with Gasteiger partial charge in [0.1, 0.15) is 11.3 Å². The molecule has 1 unspecified atom stereocenters. The van der Waals surface area contributed by atoms with E-state index in [1.54, 1.807) is 11.3 Å². The summed E-state index contributed by atoms with van der Waals surface area (Å²) in [4.78, 5) is 0. The van der Waals surface area contributed by atoms with Gasteiger partial charge >= 0.3 is 0 Å². The van der Waals surface area contributed by atoms with Crippen LogP contribution in [-0.4, -0.2) is 6.54 Å². The van der Waals surface area contributed by atoms with Gasteiger partial charge in [0.2, 0.25) is 0 Å². The molecule has 98 valence electrons. The zero-order chi connectivity index (χ0) is 13.1. The van der Waals surface area contributed by atoms with E-state index in [2.05, 4.69) is 41.2 Å². The molecular weight excluding hydrogens is 254 g/mol. The SMILES string of the molecule is CC(NCCc1ccsc1)c1cc2ccccc2o1. The average molecular weight is 271 g/mol. The number of thiophene rings is 1. The lowest BCUT2D eigenvalue weighted by atomic mass is 10.2. The highest BCUT2D eigenvalue weighted by molar-refractivity contribution is 7.07. The molecule has 1 aromatic carbocycles. The van der Waals surface area contributed by atoms with E-state index in [-0.39, 0.29) is 6.04 Å². The number of hydrogen-bond donors (Lipinski definition) is 1. The van der Waals surface area contributed by atoms with Crippen LogP contribution in [0.4, 0.5) is 0 Å². The molecule has 2 nitrogen and oxygen atoms in total. The normalized spacial score (nSPS) is 12.9. The van der Waals surface area contributed by atoms with Crippen molar-refractivity contribution in [1.29, 1.82) is 0 Å². The summed E-state index contributed by atoms with van der Waals surface area (Å²) in [5.74, 6) is 1.01. The third kappa shape index (κ3) is 2.88. The number of nitrogens with one attached hydrogen (secondary N) is 1. The predicted octanol–water partition coefficient (Wildman–Crippen LogP) is 4.39. The number of furan rings is 1. The first kappa shape index (κ1) is 12.5.